The molecular weight excluding hydrogens is 314 g/mol. The van der Waals surface area contributed by atoms with E-state index in [-0.39, 0.29) is 5.91 Å². The van der Waals surface area contributed by atoms with Crippen LogP contribution in [0.4, 0.5) is 5.69 Å². The Labute approximate surface area is 136 Å². The summed E-state index contributed by atoms with van der Waals surface area (Å²) in [5.41, 5.74) is 0.690. The summed E-state index contributed by atoms with van der Waals surface area (Å²) in [7, 11) is 1.60. The molecule has 0 saturated heterocycles. The normalized spacial score (nSPS) is 11.9. The maximum atomic E-state index is 12.6. The molecule has 0 aliphatic heterocycles. The molecule has 2 heterocycles. The number of thiophene rings is 1. The van der Waals surface area contributed by atoms with Crippen molar-refractivity contribution in [3.63, 3.8) is 0 Å². The van der Waals surface area contributed by atoms with Gasteiger partial charge in [0, 0.05) is 17.0 Å². The third kappa shape index (κ3) is 3.72. The van der Waals surface area contributed by atoms with E-state index in [0.29, 0.717) is 17.9 Å². The summed E-state index contributed by atoms with van der Waals surface area (Å²) >= 11 is 1.59. The lowest BCUT2D eigenvalue weighted by atomic mass is 10.0. The molecule has 3 aromatic rings. The number of aromatic amines is 1. The zero-order valence-electron chi connectivity index (χ0n) is 12.4. The van der Waals surface area contributed by atoms with Crippen LogP contribution in [0.5, 0.6) is 5.75 Å². The van der Waals surface area contributed by atoms with Crippen molar-refractivity contribution in [2.24, 2.45) is 0 Å². The number of methoxy groups -OCH3 is 1. The second-order valence-electron chi connectivity index (χ2n) is 4.82. The van der Waals surface area contributed by atoms with Crippen LogP contribution in [0.3, 0.4) is 0 Å². The van der Waals surface area contributed by atoms with Crippen LogP contribution in [0.15, 0.2) is 41.8 Å². The van der Waals surface area contributed by atoms with Gasteiger partial charge in [0.1, 0.15) is 11.7 Å². The molecule has 2 N–H and O–H groups in total. The average molecular weight is 329 g/mol. The largest absolute Gasteiger partial charge is 0.497 e. The first kappa shape index (κ1) is 15.2. The highest BCUT2D eigenvalue weighted by Gasteiger charge is 2.25. The van der Waals surface area contributed by atoms with Gasteiger partial charge in [-0.25, -0.2) is 0 Å². The monoisotopic (exact) mass is 329 g/mol. The van der Waals surface area contributed by atoms with Crippen molar-refractivity contribution in [3.05, 3.63) is 52.5 Å². The molecule has 0 spiro atoms. The first-order valence-electron chi connectivity index (χ1n) is 6.97. The predicted octanol–water partition coefficient (Wildman–Crippen LogP) is 2.23. The Morgan fingerprint density at radius 3 is 2.78 bits per heavy atom. The molecule has 8 heteroatoms. The molecule has 0 aliphatic carbocycles. The summed E-state index contributed by atoms with van der Waals surface area (Å²) < 4.78 is 5.11. The lowest BCUT2D eigenvalue weighted by molar-refractivity contribution is -0.117. The van der Waals surface area contributed by atoms with Crippen molar-refractivity contribution in [2.45, 2.75) is 12.3 Å². The van der Waals surface area contributed by atoms with Gasteiger partial charge < -0.3 is 10.1 Å². The van der Waals surface area contributed by atoms with Gasteiger partial charge in [0.15, 0.2) is 5.82 Å². The smallest absolute Gasteiger partial charge is 0.235 e. The number of tetrazole rings is 1. The molecule has 118 valence electrons. The maximum Gasteiger partial charge on any atom is 0.235 e. The Morgan fingerprint density at radius 2 is 2.17 bits per heavy atom. The molecule has 0 saturated carbocycles. The highest BCUT2D eigenvalue weighted by atomic mass is 32.1. The van der Waals surface area contributed by atoms with E-state index >= 15 is 0 Å². The lowest BCUT2D eigenvalue weighted by Gasteiger charge is -2.13. The Bertz CT molecular complexity index is 741. The number of hydrogen-bond donors (Lipinski definition) is 2. The van der Waals surface area contributed by atoms with Crippen molar-refractivity contribution in [3.8, 4) is 5.75 Å². The molecule has 0 radical (unpaired) electrons. The summed E-state index contributed by atoms with van der Waals surface area (Å²) in [5.74, 6) is 0.431. The molecule has 0 bridgehead atoms. The molecule has 0 fully saturated rings. The Morgan fingerprint density at radius 1 is 1.35 bits per heavy atom. The first-order valence-corrected chi connectivity index (χ1v) is 7.85. The van der Waals surface area contributed by atoms with Gasteiger partial charge >= 0.3 is 0 Å². The number of hydrogen-bond acceptors (Lipinski definition) is 6. The van der Waals surface area contributed by atoms with E-state index in [1.807, 2.05) is 17.5 Å². The van der Waals surface area contributed by atoms with E-state index in [9.17, 15) is 4.79 Å². The van der Waals surface area contributed by atoms with E-state index < -0.39 is 5.92 Å². The van der Waals surface area contributed by atoms with Crippen LogP contribution in [0, 0.1) is 0 Å². The average Bonchev–Trinajstić information content (AvgIpc) is 3.27. The molecule has 1 aromatic carbocycles. The van der Waals surface area contributed by atoms with E-state index in [1.165, 1.54) is 0 Å². The number of amides is 1. The van der Waals surface area contributed by atoms with E-state index in [4.69, 9.17) is 4.74 Å². The zero-order chi connectivity index (χ0) is 16.1. The molecular formula is C15H15N5O2S. The van der Waals surface area contributed by atoms with E-state index in [0.717, 1.165) is 10.6 Å². The van der Waals surface area contributed by atoms with Crippen LogP contribution in [0.2, 0.25) is 0 Å². The fraction of sp³-hybridized carbons (Fsp3) is 0.200. The van der Waals surface area contributed by atoms with Gasteiger partial charge in [0.25, 0.3) is 0 Å². The number of carbonyl (C=O) groups is 1. The molecule has 2 aromatic heterocycles. The second-order valence-corrected chi connectivity index (χ2v) is 5.86. The number of nitrogens with zero attached hydrogens (tertiary/aromatic N) is 3. The highest BCUT2D eigenvalue weighted by Crippen LogP contribution is 2.23. The summed E-state index contributed by atoms with van der Waals surface area (Å²) in [6.07, 6.45) is 0.527. The van der Waals surface area contributed by atoms with Crippen molar-refractivity contribution < 1.29 is 9.53 Å². The number of nitrogens with one attached hydrogen (secondary N) is 2. The Balaban J connectivity index is 1.76. The summed E-state index contributed by atoms with van der Waals surface area (Å²) in [6, 6.07) is 11.1. The number of carbonyl (C=O) groups excluding carboxylic acids is 1. The van der Waals surface area contributed by atoms with Gasteiger partial charge in [-0.2, -0.15) is 5.21 Å². The number of ether oxygens (including phenoxy) is 1. The quantitative estimate of drug-likeness (QED) is 0.723. The molecule has 0 aliphatic rings. The molecule has 23 heavy (non-hydrogen) atoms. The van der Waals surface area contributed by atoms with Crippen molar-refractivity contribution >= 4 is 22.9 Å². The van der Waals surface area contributed by atoms with Crippen molar-refractivity contribution in [2.75, 3.05) is 12.4 Å². The van der Waals surface area contributed by atoms with Crippen molar-refractivity contribution in [1.82, 2.24) is 20.6 Å². The number of rotatable bonds is 6. The Kier molecular flexibility index (Phi) is 4.62. The van der Waals surface area contributed by atoms with Crippen LogP contribution < -0.4 is 10.1 Å². The van der Waals surface area contributed by atoms with Gasteiger partial charge in [-0.3, -0.25) is 4.79 Å². The standard InChI is InChI=1S/C15H15N5O2S/c1-22-11-6-4-10(5-7-11)16-15(21)13(14-17-19-20-18-14)9-12-3-2-8-23-12/h2-8,13H,9H2,1H3,(H,16,21)(H,17,18,19,20). The van der Waals surface area contributed by atoms with Crippen LogP contribution in [0.1, 0.15) is 16.6 Å². The van der Waals surface area contributed by atoms with Gasteiger partial charge in [-0.1, -0.05) is 11.3 Å². The maximum absolute atomic E-state index is 12.6. The minimum atomic E-state index is -0.505. The molecule has 1 amide bonds. The minimum Gasteiger partial charge on any atom is -0.497 e. The van der Waals surface area contributed by atoms with Gasteiger partial charge in [-0.15, -0.1) is 21.5 Å². The van der Waals surface area contributed by atoms with Gasteiger partial charge in [0.2, 0.25) is 5.91 Å². The third-order valence-electron chi connectivity index (χ3n) is 3.33. The van der Waals surface area contributed by atoms with E-state index in [2.05, 4.69) is 25.9 Å². The van der Waals surface area contributed by atoms with Crippen LogP contribution >= 0.6 is 11.3 Å². The van der Waals surface area contributed by atoms with Gasteiger partial charge in [0.05, 0.1) is 7.11 Å². The number of benzene rings is 1. The summed E-state index contributed by atoms with van der Waals surface area (Å²) in [6.45, 7) is 0. The number of anilines is 1. The highest BCUT2D eigenvalue weighted by molar-refractivity contribution is 7.09. The van der Waals surface area contributed by atoms with E-state index in [1.54, 1.807) is 42.7 Å². The minimum absolute atomic E-state index is 0.176. The topological polar surface area (TPSA) is 92.8 Å². The van der Waals surface area contributed by atoms with Crippen LogP contribution in [0.25, 0.3) is 0 Å². The number of aromatic nitrogens is 4. The first-order chi connectivity index (χ1) is 11.3. The third-order valence-corrected chi connectivity index (χ3v) is 4.23. The summed E-state index contributed by atoms with van der Waals surface area (Å²) in [4.78, 5) is 13.7. The summed E-state index contributed by atoms with van der Waals surface area (Å²) in [5, 5.41) is 18.7. The fourth-order valence-corrected chi connectivity index (χ4v) is 2.90. The molecule has 1 unspecified atom stereocenters. The zero-order valence-corrected chi connectivity index (χ0v) is 13.2. The molecule has 7 nitrogen and oxygen atoms in total. The second kappa shape index (κ2) is 7.01. The Hall–Kier alpha value is -2.74. The van der Waals surface area contributed by atoms with Crippen LogP contribution in [-0.2, 0) is 11.2 Å². The molecule has 3 rings (SSSR count). The fourth-order valence-electron chi connectivity index (χ4n) is 2.15. The van der Waals surface area contributed by atoms with Crippen LogP contribution in [-0.4, -0.2) is 33.6 Å². The number of H-pyrrole nitrogens is 1. The molecule has 1 atom stereocenters. The van der Waals surface area contributed by atoms with Gasteiger partial charge in [-0.05, 0) is 35.7 Å². The predicted molar refractivity (Wildman–Crippen MR) is 86.6 cm³/mol. The SMILES string of the molecule is COc1ccc(NC(=O)C(Cc2cccs2)c2nn[nH]n2)cc1. The lowest BCUT2D eigenvalue weighted by Crippen LogP contribution is -2.24. The van der Waals surface area contributed by atoms with Crippen molar-refractivity contribution in [1.29, 1.82) is 0 Å².